The first kappa shape index (κ1) is 16.0. The Morgan fingerprint density at radius 3 is 2.62 bits per heavy atom. The lowest BCUT2D eigenvalue weighted by Crippen LogP contribution is -2.17. The predicted molar refractivity (Wildman–Crippen MR) is 91.3 cm³/mol. The van der Waals surface area contributed by atoms with E-state index in [0.29, 0.717) is 16.0 Å². The van der Waals surface area contributed by atoms with E-state index < -0.39 is 11.8 Å². The van der Waals surface area contributed by atoms with E-state index in [-0.39, 0.29) is 16.4 Å². The molecule has 0 aromatic carbocycles. The number of carbonyl (C=O) groups is 2. The van der Waals surface area contributed by atoms with Gasteiger partial charge < -0.3 is 16.4 Å². The molecule has 2 amide bonds. The average Bonchev–Trinajstić information content (AvgIpc) is 3.22. The number of carbonyl (C=O) groups excluding carboxylic acids is 2. The smallest absolute Gasteiger partial charge is 0.275 e. The number of hydrogen-bond donors (Lipinski definition) is 3. The molecule has 0 radical (unpaired) electrons. The van der Waals surface area contributed by atoms with Crippen LogP contribution in [-0.4, -0.2) is 38.8 Å². The Morgan fingerprint density at radius 2 is 1.96 bits per heavy atom. The third-order valence-corrected chi connectivity index (χ3v) is 4.62. The summed E-state index contributed by atoms with van der Waals surface area (Å²) in [4.78, 5) is 40.1. The fourth-order valence-corrected chi connectivity index (χ4v) is 3.30. The van der Waals surface area contributed by atoms with Crippen molar-refractivity contribution in [3.63, 3.8) is 0 Å². The van der Waals surface area contributed by atoms with Crippen LogP contribution < -0.4 is 16.4 Å². The van der Waals surface area contributed by atoms with Crippen molar-refractivity contribution in [3.8, 4) is 10.8 Å². The van der Waals surface area contributed by atoms with E-state index >= 15 is 0 Å². The molecule has 122 valence electrons. The lowest BCUT2D eigenvalue weighted by Gasteiger charge is -2.00. The van der Waals surface area contributed by atoms with Crippen LogP contribution in [0.1, 0.15) is 21.0 Å². The maximum absolute atomic E-state index is 12.3. The normalized spacial score (nSPS) is 10.4. The first-order chi connectivity index (χ1) is 11.6. The number of aromatic nitrogens is 4. The standard InChI is InChI=1S/C13H11N7O2S2/c1-15-13-19-7(8(14)21)11(24-13)20-10(22)6-5-23-12(18-6)9-16-3-2-4-17-9/h2-5H,1H3,(H2,14,21)(H,15,19)(H,20,22). The molecule has 4 N–H and O–H groups in total. The van der Waals surface area contributed by atoms with E-state index in [1.54, 1.807) is 30.9 Å². The van der Waals surface area contributed by atoms with Crippen LogP contribution in [0.2, 0.25) is 0 Å². The molecule has 3 aromatic rings. The van der Waals surface area contributed by atoms with Gasteiger partial charge in [0.05, 0.1) is 0 Å². The highest BCUT2D eigenvalue weighted by molar-refractivity contribution is 7.20. The second-order valence-electron chi connectivity index (χ2n) is 4.38. The molecule has 0 saturated carbocycles. The van der Waals surface area contributed by atoms with Crippen LogP contribution in [0.25, 0.3) is 10.8 Å². The third kappa shape index (κ3) is 3.21. The zero-order chi connectivity index (χ0) is 17.1. The van der Waals surface area contributed by atoms with Crippen molar-refractivity contribution >= 4 is 44.6 Å². The summed E-state index contributed by atoms with van der Waals surface area (Å²) in [6.07, 6.45) is 3.19. The molecular weight excluding hydrogens is 350 g/mol. The zero-order valence-corrected chi connectivity index (χ0v) is 13.9. The summed E-state index contributed by atoms with van der Waals surface area (Å²) >= 11 is 2.36. The monoisotopic (exact) mass is 361 g/mol. The summed E-state index contributed by atoms with van der Waals surface area (Å²) in [5, 5.41) is 8.25. The molecule has 0 bridgehead atoms. The Labute approximate surface area is 144 Å². The second kappa shape index (κ2) is 6.68. The van der Waals surface area contributed by atoms with Crippen molar-refractivity contribution in [2.24, 2.45) is 5.73 Å². The van der Waals surface area contributed by atoms with Crippen LogP contribution >= 0.6 is 22.7 Å². The summed E-state index contributed by atoms with van der Waals surface area (Å²) in [6.45, 7) is 0. The van der Waals surface area contributed by atoms with Crippen LogP contribution in [0, 0.1) is 0 Å². The Balaban J connectivity index is 1.82. The van der Waals surface area contributed by atoms with Gasteiger partial charge >= 0.3 is 0 Å². The fraction of sp³-hybridized carbons (Fsp3) is 0.0769. The first-order valence-corrected chi connectivity index (χ1v) is 8.30. The van der Waals surface area contributed by atoms with Gasteiger partial charge in [-0.25, -0.2) is 19.9 Å². The second-order valence-corrected chi connectivity index (χ2v) is 6.23. The lowest BCUT2D eigenvalue weighted by molar-refractivity contribution is 0.0997. The van der Waals surface area contributed by atoms with Crippen LogP contribution in [0.3, 0.4) is 0 Å². The molecule has 0 aliphatic carbocycles. The number of anilines is 2. The summed E-state index contributed by atoms with van der Waals surface area (Å²) in [5.74, 6) is -0.753. The van der Waals surface area contributed by atoms with Gasteiger partial charge in [0, 0.05) is 24.8 Å². The Bertz CT molecular complexity index is 891. The minimum atomic E-state index is -0.722. The number of rotatable bonds is 5. The fourth-order valence-electron chi connectivity index (χ4n) is 1.74. The number of primary amides is 1. The maximum Gasteiger partial charge on any atom is 0.275 e. The van der Waals surface area contributed by atoms with E-state index in [2.05, 4.69) is 30.6 Å². The summed E-state index contributed by atoms with van der Waals surface area (Å²) < 4.78 is 0. The molecule has 0 unspecified atom stereocenters. The third-order valence-electron chi connectivity index (χ3n) is 2.80. The highest BCUT2D eigenvalue weighted by Gasteiger charge is 2.20. The summed E-state index contributed by atoms with van der Waals surface area (Å²) in [7, 11) is 1.65. The van der Waals surface area contributed by atoms with Gasteiger partial charge in [0.25, 0.3) is 11.8 Å². The molecule has 3 rings (SSSR count). The molecule has 3 aromatic heterocycles. The molecule has 9 nitrogen and oxygen atoms in total. The molecule has 0 spiro atoms. The number of nitrogens with one attached hydrogen (secondary N) is 2. The Hall–Kier alpha value is -2.92. The van der Waals surface area contributed by atoms with Crippen molar-refractivity contribution in [1.29, 1.82) is 0 Å². The number of hydrogen-bond acceptors (Lipinski definition) is 9. The molecule has 11 heteroatoms. The molecule has 0 atom stereocenters. The van der Waals surface area contributed by atoms with Gasteiger partial charge in [0.1, 0.15) is 10.7 Å². The predicted octanol–water partition coefficient (Wildman–Crippen LogP) is 1.45. The van der Waals surface area contributed by atoms with Crippen molar-refractivity contribution in [1.82, 2.24) is 19.9 Å². The molecule has 0 saturated heterocycles. The molecule has 0 aliphatic heterocycles. The van der Waals surface area contributed by atoms with Crippen molar-refractivity contribution in [2.75, 3.05) is 17.7 Å². The highest BCUT2D eigenvalue weighted by atomic mass is 32.1. The van der Waals surface area contributed by atoms with Crippen LogP contribution in [0.4, 0.5) is 10.1 Å². The number of thiazole rings is 2. The molecule has 0 fully saturated rings. The van der Waals surface area contributed by atoms with Gasteiger partial charge in [-0.15, -0.1) is 11.3 Å². The van der Waals surface area contributed by atoms with Crippen molar-refractivity contribution in [2.45, 2.75) is 0 Å². The van der Waals surface area contributed by atoms with E-state index in [4.69, 9.17) is 5.73 Å². The molecule has 24 heavy (non-hydrogen) atoms. The molecular formula is C13H11N7O2S2. The van der Waals surface area contributed by atoms with Gasteiger partial charge in [0.15, 0.2) is 21.7 Å². The Morgan fingerprint density at radius 1 is 1.21 bits per heavy atom. The average molecular weight is 361 g/mol. The van der Waals surface area contributed by atoms with Gasteiger partial charge in [-0.05, 0) is 6.07 Å². The SMILES string of the molecule is CNc1nc(C(N)=O)c(NC(=O)c2csc(-c3ncccn3)n2)s1. The quantitative estimate of drug-likeness (QED) is 0.625. The van der Waals surface area contributed by atoms with Crippen LogP contribution in [-0.2, 0) is 0 Å². The van der Waals surface area contributed by atoms with E-state index in [9.17, 15) is 9.59 Å². The van der Waals surface area contributed by atoms with Crippen molar-refractivity contribution in [3.05, 3.63) is 35.2 Å². The number of nitrogens with two attached hydrogens (primary N) is 1. The zero-order valence-electron chi connectivity index (χ0n) is 12.3. The lowest BCUT2D eigenvalue weighted by atomic mass is 10.4. The first-order valence-electron chi connectivity index (χ1n) is 6.61. The highest BCUT2D eigenvalue weighted by Crippen LogP contribution is 2.29. The minimum Gasteiger partial charge on any atom is -0.365 e. The number of nitrogens with zero attached hydrogens (tertiary/aromatic N) is 4. The summed E-state index contributed by atoms with van der Waals surface area (Å²) in [6, 6.07) is 1.69. The number of amides is 2. The summed E-state index contributed by atoms with van der Waals surface area (Å²) in [5.41, 5.74) is 5.46. The van der Waals surface area contributed by atoms with Gasteiger partial charge in [-0.1, -0.05) is 11.3 Å². The maximum atomic E-state index is 12.3. The largest absolute Gasteiger partial charge is 0.365 e. The minimum absolute atomic E-state index is 0.000421. The van der Waals surface area contributed by atoms with Gasteiger partial charge in [0.2, 0.25) is 0 Å². The topological polar surface area (TPSA) is 136 Å². The van der Waals surface area contributed by atoms with E-state index in [1.807, 2.05) is 0 Å². The van der Waals surface area contributed by atoms with Gasteiger partial charge in [-0.3, -0.25) is 9.59 Å². The van der Waals surface area contributed by atoms with E-state index in [0.717, 1.165) is 11.3 Å². The molecule has 3 heterocycles. The molecule has 0 aliphatic rings. The van der Waals surface area contributed by atoms with E-state index in [1.165, 1.54) is 11.3 Å². The van der Waals surface area contributed by atoms with Gasteiger partial charge in [-0.2, -0.15) is 0 Å². The van der Waals surface area contributed by atoms with Crippen LogP contribution in [0.15, 0.2) is 23.8 Å². The van der Waals surface area contributed by atoms with Crippen molar-refractivity contribution < 1.29 is 9.59 Å². The van der Waals surface area contributed by atoms with Crippen LogP contribution in [0.5, 0.6) is 0 Å². The Kier molecular flexibility index (Phi) is 4.44.